The number of nitrogens with one attached hydrogen (secondary N) is 3. The highest BCUT2D eigenvalue weighted by Crippen LogP contribution is 2.14. The molecule has 3 N–H and O–H groups in total. The van der Waals surface area contributed by atoms with Crippen molar-refractivity contribution in [2.24, 2.45) is 0 Å². The van der Waals surface area contributed by atoms with E-state index in [9.17, 15) is 4.79 Å². The Morgan fingerprint density at radius 3 is 2.89 bits per heavy atom. The molecule has 0 fully saturated rings. The van der Waals surface area contributed by atoms with Crippen LogP contribution in [0.5, 0.6) is 0 Å². The highest BCUT2D eigenvalue weighted by atomic mass is 16.5. The average Bonchev–Trinajstić information content (AvgIpc) is 3.20. The molecular weight excluding hydrogens is 344 g/mol. The summed E-state index contributed by atoms with van der Waals surface area (Å²) < 4.78 is 6.81. The summed E-state index contributed by atoms with van der Waals surface area (Å²) in [4.78, 5) is 12.3. The second-order valence-corrected chi connectivity index (χ2v) is 6.44. The van der Waals surface area contributed by atoms with E-state index in [1.807, 2.05) is 31.2 Å². The molecule has 1 aromatic carbocycles. The molecule has 2 aromatic heterocycles. The second kappa shape index (κ2) is 8.50. The Bertz CT molecular complexity index is 915. The molecule has 0 aliphatic carbocycles. The van der Waals surface area contributed by atoms with Crippen molar-refractivity contribution in [3.8, 4) is 0 Å². The predicted molar refractivity (Wildman–Crippen MR) is 102 cm³/mol. The fourth-order valence-electron chi connectivity index (χ4n) is 2.81. The molecule has 8 nitrogen and oxygen atoms in total. The Labute approximate surface area is 157 Å². The van der Waals surface area contributed by atoms with Gasteiger partial charge in [-0.2, -0.15) is 10.2 Å². The van der Waals surface area contributed by atoms with Crippen LogP contribution in [0.15, 0.2) is 36.4 Å². The summed E-state index contributed by atoms with van der Waals surface area (Å²) in [7, 11) is 1.61. The van der Waals surface area contributed by atoms with Crippen molar-refractivity contribution in [3.05, 3.63) is 64.6 Å². The number of H-pyrrole nitrogens is 1. The van der Waals surface area contributed by atoms with Crippen molar-refractivity contribution in [3.63, 3.8) is 0 Å². The molecule has 0 spiro atoms. The van der Waals surface area contributed by atoms with E-state index in [4.69, 9.17) is 4.74 Å². The van der Waals surface area contributed by atoms with Crippen molar-refractivity contribution in [1.29, 1.82) is 0 Å². The molecule has 0 unspecified atom stereocenters. The van der Waals surface area contributed by atoms with Gasteiger partial charge in [0, 0.05) is 13.2 Å². The van der Waals surface area contributed by atoms with Crippen LogP contribution in [0.2, 0.25) is 0 Å². The average molecular weight is 368 g/mol. The summed E-state index contributed by atoms with van der Waals surface area (Å²) >= 11 is 0. The third-order valence-electron chi connectivity index (χ3n) is 3.97. The van der Waals surface area contributed by atoms with Crippen LogP contribution in [0.3, 0.4) is 0 Å². The van der Waals surface area contributed by atoms with Crippen molar-refractivity contribution >= 4 is 11.8 Å². The van der Waals surface area contributed by atoms with Crippen LogP contribution >= 0.6 is 0 Å². The molecule has 0 aliphatic rings. The normalized spacial score (nSPS) is 10.8. The first kappa shape index (κ1) is 18.7. The first-order valence-electron chi connectivity index (χ1n) is 8.70. The van der Waals surface area contributed by atoms with Gasteiger partial charge in [-0.3, -0.25) is 10.4 Å². The van der Waals surface area contributed by atoms with Crippen molar-refractivity contribution in [2.75, 3.05) is 12.4 Å². The zero-order chi connectivity index (χ0) is 19.2. The minimum absolute atomic E-state index is 0.303. The molecule has 142 valence electrons. The summed E-state index contributed by atoms with van der Waals surface area (Å²) in [6, 6.07) is 11.6. The molecule has 27 heavy (non-hydrogen) atoms. The Balaban J connectivity index is 1.60. The van der Waals surface area contributed by atoms with E-state index >= 15 is 0 Å². The summed E-state index contributed by atoms with van der Waals surface area (Å²) in [5, 5.41) is 17.1. The molecule has 0 saturated heterocycles. The van der Waals surface area contributed by atoms with E-state index in [2.05, 4.69) is 45.0 Å². The molecule has 0 aliphatic heterocycles. The number of hydrogen-bond donors (Lipinski definition) is 3. The Hall–Kier alpha value is -3.13. The topological polar surface area (TPSA) is 96.9 Å². The number of anilines is 1. The number of urea groups is 1. The lowest BCUT2D eigenvalue weighted by molar-refractivity contribution is 0.181. The van der Waals surface area contributed by atoms with Crippen LogP contribution in [-0.4, -0.2) is 33.1 Å². The predicted octanol–water partition coefficient (Wildman–Crippen LogP) is 2.74. The highest BCUT2D eigenvalue weighted by Gasteiger charge is 2.10. The smallest absolute Gasteiger partial charge is 0.320 e. The van der Waals surface area contributed by atoms with Gasteiger partial charge in [-0.05, 0) is 25.5 Å². The fraction of sp³-hybridized carbons (Fsp3) is 0.316. The van der Waals surface area contributed by atoms with Gasteiger partial charge in [-0.15, -0.1) is 0 Å². The van der Waals surface area contributed by atoms with Crippen LogP contribution in [0, 0.1) is 13.8 Å². The number of hydrogen-bond acceptors (Lipinski definition) is 4. The Morgan fingerprint density at radius 2 is 2.11 bits per heavy atom. The second-order valence-electron chi connectivity index (χ2n) is 6.44. The van der Waals surface area contributed by atoms with Gasteiger partial charge in [-0.1, -0.05) is 29.8 Å². The maximum absolute atomic E-state index is 12.3. The SMILES string of the molecule is COCc1cc(CNC(=O)Nc2cc(C)nn2Cc2cccc(C)c2)[nH]n1. The maximum Gasteiger partial charge on any atom is 0.320 e. The number of aryl methyl sites for hydroxylation is 2. The number of amides is 2. The molecule has 2 amide bonds. The maximum atomic E-state index is 12.3. The van der Waals surface area contributed by atoms with E-state index in [1.54, 1.807) is 11.8 Å². The lowest BCUT2D eigenvalue weighted by Crippen LogP contribution is -2.29. The summed E-state index contributed by atoms with van der Waals surface area (Å²) in [6.45, 7) is 5.31. The van der Waals surface area contributed by atoms with Gasteiger partial charge in [0.15, 0.2) is 0 Å². The number of benzene rings is 1. The minimum atomic E-state index is -0.303. The summed E-state index contributed by atoms with van der Waals surface area (Å²) in [5.74, 6) is 0.649. The lowest BCUT2D eigenvalue weighted by Gasteiger charge is -2.10. The quantitative estimate of drug-likeness (QED) is 0.597. The molecule has 8 heteroatoms. The first-order valence-corrected chi connectivity index (χ1v) is 8.70. The molecule has 3 aromatic rings. The lowest BCUT2D eigenvalue weighted by atomic mass is 10.1. The monoisotopic (exact) mass is 368 g/mol. The minimum Gasteiger partial charge on any atom is -0.378 e. The van der Waals surface area contributed by atoms with Crippen LogP contribution in [0.4, 0.5) is 10.6 Å². The van der Waals surface area contributed by atoms with Crippen LogP contribution in [-0.2, 0) is 24.4 Å². The van der Waals surface area contributed by atoms with E-state index in [0.29, 0.717) is 25.5 Å². The van der Waals surface area contributed by atoms with E-state index in [0.717, 1.165) is 22.6 Å². The van der Waals surface area contributed by atoms with Gasteiger partial charge in [0.2, 0.25) is 0 Å². The summed E-state index contributed by atoms with van der Waals surface area (Å²) in [6.07, 6.45) is 0. The molecule has 0 atom stereocenters. The number of carbonyl (C=O) groups is 1. The van der Waals surface area contributed by atoms with Crippen molar-refractivity contribution in [2.45, 2.75) is 33.5 Å². The molecule has 2 heterocycles. The number of carbonyl (C=O) groups excluding carboxylic acids is 1. The highest BCUT2D eigenvalue weighted by molar-refractivity contribution is 5.88. The third kappa shape index (κ3) is 5.18. The number of aromatic nitrogens is 4. The third-order valence-corrected chi connectivity index (χ3v) is 3.97. The number of rotatable bonds is 7. The van der Waals surface area contributed by atoms with E-state index in [-0.39, 0.29) is 6.03 Å². The van der Waals surface area contributed by atoms with Crippen molar-refractivity contribution < 1.29 is 9.53 Å². The fourth-order valence-corrected chi connectivity index (χ4v) is 2.81. The van der Waals surface area contributed by atoms with Gasteiger partial charge in [0.05, 0.1) is 36.8 Å². The first-order chi connectivity index (χ1) is 13.0. The zero-order valence-corrected chi connectivity index (χ0v) is 15.7. The molecule has 0 radical (unpaired) electrons. The van der Waals surface area contributed by atoms with Gasteiger partial charge in [0.1, 0.15) is 5.82 Å². The van der Waals surface area contributed by atoms with E-state index in [1.165, 1.54) is 5.56 Å². The molecule has 3 rings (SSSR count). The molecule has 0 saturated carbocycles. The number of nitrogens with zero attached hydrogens (tertiary/aromatic N) is 3. The Kier molecular flexibility index (Phi) is 5.87. The van der Waals surface area contributed by atoms with Gasteiger partial charge < -0.3 is 10.1 Å². The van der Waals surface area contributed by atoms with Gasteiger partial charge in [-0.25, -0.2) is 9.48 Å². The standard InChI is InChI=1S/C19H24N6O2/c1-13-5-4-6-15(7-13)11-25-18(8-14(2)24-25)21-19(26)20-10-16-9-17(12-27-3)23-22-16/h4-9H,10-12H2,1-3H3,(H,22,23)(H2,20,21,26). The number of ether oxygens (including phenoxy) is 1. The molecular formula is C19H24N6O2. The van der Waals surface area contributed by atoms with Crippen LogP contribution in [0.25, 0.3) is 0 Å². The number of aromatic amines is 1. The van der Waals surface area contributed by atoms with Crippen molar-refractivity contribution in [1.82, 2.24) is 25.3 Å². The van der Waals surface area contributed by atoms with Gasteiger partial charge >= 0.3 is 6.03 Å². The zero-order valence-electron chi connectivity index (χ0n) is 15.7. The van der Waals surface area contributed by atoms with Gasteiger partial charge in [0.25, 0.3) is 0 Å². The number of methoxy groups -OCH3 is 1. The Morgan fingerprint density at radius 1 is 1.26 bits per heavy atom. The largest absolute Gasteiger partial charge is 0.378 e. The summed E-state index contributed by atoms with van der Waals surface area (Å²) in [5.41, 5.74) is 4.76. The molecule has 0 bridgehead atoms. The van der Waals surface area contributed by atoms with Crippen LogP contribution in [0.1, 0.15) is 28.2 Å². The van der Waals surface area contributed by atoms with E-state index < -0.39 is 0 Å². The van der Waals surface area contributed by atoms with Crippen LogP contribution < -0.4 is 10.6 Å².